The van der Waals surface area contributed by atoms with E-state index in [4.69, 9.17) is 4.74 Å². The number of aryl methyl sites for hydroxylation is 1. The Bertz CT molecular complexity index is 685. The number of halogens is 1. The Hall–Kier alpha value is -1.94. The van der Waals surface area contributed by atoms with E-state index in [0.717, 1.165) is 31.6 Å². The Morgan fingerprint density at radius 3 is 2.48 bits per heavy atom. The molecule has 2 aromatic rings. The average molecular weight is 287 g/mol. The van der Waals surface area contributed by atoms with Crippen molar-refractivity contribution >= 4 is 0 Å². The second kappa shape index (κ2) is 5.82. The molecule has 1 aromatic heterocycles. The van der Waals surface area contributed by atoms with Crippen molar-refractivity contribution in [1.82, 2.24) is 4.57 Å². The van der Waals surface area contributed by atoms with Crippen molar-refractivity contribution in [2.75, 3.05) is 13.2 Å². The number of pyridine rings is 1. The van der Waals surface area contributed by atoms with Crippen molar-refractivity contribution in [2.45, 2.75) is 25.8 Å². The molecule has 0 aliphatic carbocycles. The number of hydrogen-bond donors (Lipinski definition) is 0. The minimum Gasteiger partial charge on any atom is -0.381 e. The third-order valence-electron chi connectivity index (χ3n) is 3.99. The largest absolute Gasteiger partial charge is 0.381 e. The van der Waals surface area contributed by atoms with Gasteiger partial charge in [-0.15, -0.1) is 0 Å². The van der Waals surface area contributed by atoms with Gasteiger partial charge in [-0.1, -0.05) is 12.1 Å². The third kappa shape index (κ3) is 2.90. The molecule has 0 spiro atoms. The quantitative estimate of drug-likeness (QED) is 0.848. The lowest BCUT2D eigenvalue weighted by atomic mass is 10.0. The summed E-state index contributed by atoms with van der Waals surface area (Å²) in [5.74, 6) is -0.295. The van der Waals surface area contributed by atoms with Crippen molar-refractivity contribution in [2.24, 2.45) is 0 Å². The number of nitrogens with zero attached hydrogens (tertiary/aromatic N) is 1. The van der Waals surface area contributed by atoms with Crippen LogP contribution in [-0.2, 0) is 4.74 Å². The molecular formula is C17H18FNO2. The van der Waals surface area contributed by atoms with Crippen LogP contribution in [0.15, 0.2) is 41.5 Å². The minimum atomic E-state index is -0.295. The summed E-state index contributed by atoms with van der Waals surface area (Å²) < 4.78 is 20.6. The molecule has 1 saturated heterocycles. The van der Waals surface area contributed by atoms with Gasteiger partial charge in [-0.3, -0.25) is 4.79 Å². The maximum atomic E-state index is 13.1. The second-order valence-electron chi connectivity index (χ2n) is 5.48. The highest BCUT2D eigenvalue weighted by Crippen LogP contribution is 2.23. The van der Waals surface area contributed by atoms with Crippen LogP contribution < -0.4 is 5.43 Å². The summed E-state index contributed by atoms with van der Waals surface area (Å²) in [7, 11) is 0. The summed E-state index contributed by atoms with van der Waals surface area (Å²) in [6.45, 7) is 3.33. The van der Waals surface area contributed by atoms with E-state index in [2.05, 4.69) is 4.57 Å². The van der Waals surface area contributed by atoms with Crippen molar-refractivity contribution in [3.05, 3.63) is 58.3 Å². The minimum absolute atomic E-state index is 0.00455. The molecular weight excluding hydrogens is 269 g/mol. The predicted molar refractivity (Wildman–Crippen MR) is 79.9 cm³/mol. The Morgan fingerprint density at radius 2 is 1.81 bits per heavy atom. The van der Waals surface area contributed by atoms with Gasteiger partial charge in [0.05, 0.1) is 0 Å². The maximum Gasteiger partial charge on any atom is 0.192 e. The first kappa shape index (κ1) is 14.0. The molecule has 4 heteroatoms. The van der Waals surface area contributed by atoms with Gasteiger partial charge in [-0.2, -0.15) is 0 Å². The number of hydrogen-bond acceptors (Lipinski definition) is 2. The van der Waals surface area contributed by atoms with E-state index in [1.165, 1.54) is 12.1 Å². The molecule has 3 nitrogen and oxygen atoms in total. The van der Waals surface area contributed by atoms with Crippen LogP contribution in [-0.4, -0.2) is 17.8 Å². The summed E-state index contributed by atoms with van der Waals surface area (Å²) in [5.41, 5.74) is 2.10. The normalized spacial score (nSPS) is 16.1. The van der Waals surface area contributed by atoms with Gasteiger partial charge < -0.3 is 9.30 Å². The molecule has 0 saturated carbocycles. The first-order valence-corrected chi connectivity index (χ1v) is 7.21. The fourth-order valence-corrected chi connectivity index (χ4v) is 2.77. The fraction of sp³-hybridized carbons (Fsp3) is 0.353. The van der Waals surface area contributed by atoms with E-state index in [9.17, 15) is 9.18 Å². The lowest BCUT2D eigenvalue weighted by Crippen LogP contribution is -2.22. The molecule has 1 aromatic carbocycles. The number of ether oxygens (including phenoxy) is 1. The summed E-state index contributed by atoms with van der Waals surface area (Å²) in [4.78, 5) is 12.4. The van der Waals surface area contributed by atoms with Crippen molar-refractivity contribution in [3.63, 3.8) is 0 Å². The van der Waals surface area contributed by atoms with Crippen molar-refractivity contribution in [1.29, 1.82) is 0 Å². The topological polar surface area (TPSA) is 31.2 Å². The summed E-state index contributed by atoms with van der Waals surface area (Å²) in [6, 6.07) is 6.43. The molecule has 0 amide bonds. The van der Waals surface area contributed by atoms with E-state index in [-0.39, 0.29) is 11.2 Å². The Balaban J connectivity index is 2.05. The predicted octanol–water partition coefficient (Wildman–Crippen LogP) is 3.31. The zero-order valence-electron chi connectivity index (χ0n) is 12.0. The molecule has 110 valence electrons. The molecule has 1 aliphatic rings. The number of rotatable bonds is 2. The van der Waals surface area contributed by atoms with Gasteiger partial charge >= 0.3 is 0 Å². The van der Waals surface area contributed by atoms with Gasteiger partial charge in [0, 0.05) is 42.8 Å². The van der Waals surface area contributed by atoms with Crippen LogP contribution in [0.2, 0.25) is 0 Å². The summed E-state index contributed by atoms with van der Waals surface area (Å²) >= 11 is 0. The Labute approximate surface area is 123 Å². The Morgan fingerprint density at radius 1 is 1.14 bits per heavy atom. The highest BCUT2D eigenvalue weighted by atomic mass is 19.1. The lowest BCUT2D eigenvalue weighted by molar-refractivity contribution is 0.0694. The highest BCUT2D eigenvalue weighted by molar-refractivity contribution is 5.62. The first-order chi connectivity index (χ1) is 10.1. The monoisotopic (exact) mass is 287 g/mol. The van der Waals surface area contributed by atoms with Crippen LogP contribution in [0, 0.1) is 12.7 Å². The number of aromatic nitrogens is 1. The van der Waals surface area contributed by atoms with Crippen molar-refractivity contribution < 1.29 is 9.13 Å². The zero-order valence-corrected chi connectivity index (χ0v) is 12.0. The van der Waals surface area contributed by atoms with Crippen LogP contribution in [0.4, 0.5) is 4.39 Å². The summed E-state index contributed by atoms with van der Waals surface area (Å²) in [5, 5.41) is 0. The zero-order chi connectivity index (χ0) is 14.8. The molecule has 1 aliphatic heterocycles. The molecule has 0 radical (unpaired) electrons. The molecule has 1 fully saturated rings. The second-order valence-corrected chi connectivity index (χ2v) is 5.48. The number of benzene rings is 1. The van der Waals surface area contributed by atoms with Gasteiger partial charge in [0.1, 0.15) is 5.82 Å². The smallest absolute Gasteiger partial charge is 0.192 e. The molecule has 2 heterocycles. The molecule has 0 unspecified atom stereocenters. The lowest BCUT2D eigenvalue weighted by Gasteiger charge is -2.25. The standard InChI is InChI=1S/C17H18FNO2/c1-12-10-19(15-6-8-21-9-7-15)11-16(17(12)20)13-2-4-14(18)5-3-13/h2-5,10-11,15H,6-9H2,1H3. The average Bonchev–Trinajstić information content (AvgIpc) is 2.52. The fourth-order valence-electron chi connectivity index (χ4n) is 2.77. The summed E-state index contributed by atoms with van der Waals surface area (Å²) in [6.07, 6.45) is 5.69. The van der Waals surface area contributed by atoms with Gasteiger partial charge in [0.15, 0.2) is 5.43 Å². The highest BCUT2D eigenvalue weighted by Gasteiger charge is 2.17. The van der Waals surface area contributed by atoms with Crippen LogP contribution >= 0.6 is 0 Å². The van der Waals surface area contributed by atoms with Crippen LogP contribution in [0.25, 0.3) is 11.1 Å². The van der Waals surface area contributed by atoms with Gasteiger partial charge in [-0.05, 0) is 37.5 Å². The third-order valence-corrected chi connectivity index (χ3v) is 3.99. The van der Waals surface area contributed by atoms with Gasteiger partial charge in [0.25, 0.3) is 0 Å². The molecule has 21 heavy (non-hydrogen) atoms. The van der Waals surface area contributed by atoms with E-state index < -0.39 is 0 Å². The van der Waals surface area contributed by atoms with E-state index >= 15 is 0 Å². The van der Waals surface area contributed by atoms with Crippen molar-refractivity contribution in [3.8, 4) is 11.1 Å². The molecule has 0 N–H and O–H groups in total. The van der Waals surface area contributed by atoms with E-state index in [1.807, 2.05) is 19.3 Å². The van der Waals surface area contributed by atoms with E-state index in [0.29, 0.717) is 17.2 Å². The van der Waals surface area contributed by atoms with Gasteiger partial charge in [-0.25, -0.2) is 4.39 Å². The first-order valence-electron chi connectivity index (χ1n) is 7.21. The van der Waals surface area contributed by atoms with Crippen LogP contribution in [0.3, 0.4) is 0 Å². The van der Waals surface area contributed by atoms with Crippen LogP contribution in [0.5, 0.6) is 0 Å². The molecule has 0 bridgehead atoms. The van der Waals surface area contributed by atoms with E-state index in [1.54, 1.807) is 12.1 Å². The van der Waals surface area contributed by atoms with Crippen LogP contribution in [0.1, 0.15) is 24.4 Å². The Kier molecular flexibility index (Phi) is 3.88. The SMILES string of the molecule is Cc1cn(C2CCOCC2)cc(-c2ccc(F)cc2)c1=O. The molecule has 0 atom stereocenters. The molecule has 3 rings (SSSR count). The maximum absolute atomic E-state index is 13.1. The van der Waals surface area contributed by atoms with Gasteiger partial charge in [0.2, 0.25) is 0 Å².